The standard InChI is InChI=1S/C20H18N2O5/c1-3-27-20(25)12-4-6-13(7-5-12)22-19(24)18(23)16-11-21-17-9-8-14(26-2)10-15(16)17/h4-11,21H,3H2,1-2H3,(H,22,24). The number of ether oxygens (including phenoxy) is 2. The van der Waals surface area contributed by atoms with Crippen molar-refractivity contribution in [3.63, 3.8) is 0 Å². The summed E-state index contributed by atoms with van der Waals surface area (Å²) in [6.45, 7) is 2.00. The number of rotatable bonds is 6. The second kappa shape index (κ2) is 7.74. The average Bonchev–Trinajstić information content (AvgIpc) is 3.11. The second-order valence-corrected chi connectivity index (χ2v) is 5.69. The Morgan fingerprint density at radius 2 is 1.81 bits per heavy atom. The van der Waals surface area contributed by atoms with Crippen LogP contribution in [0.1, 0.15) is 27.6 Å². The molecule has 2 aromatic carbocycles. The number of anilines is 1. The molecule has 0 unspecified atom stereocenters. The summed E-state index contributed by atoms with van der Waals surface area (Å²) in [5.74, 6) is -1.31. The molecule has 0 aliphatic rings. The number of nitrogens with one attached hydrogen (secondary N) is 2. The van der Waals surface area contributed by atoms with Gasteiger partial charge in [0.2, 0.25) is 0 Å². The number of fused-ring (bicyclic) bond motifs is 1. The number of methoxy groups -OCH3 is 1. The van der Waals surface area contributed by atoms with Gasteiger partial charge in [-0.1, -0.05) is 0 Å². The lowest BCUT2D eigenvalue weighted by Gasteiger charge is -2.06. The maximum Gasteiger partial charge on any atom is 0.338 e. The number of esters is 1. The van der Waals surface area contributed by atoms with Crippen molar-refractivity contribution in [1.29, 1.82) is 0 Å². The molecular formula is C20H18N2O5. The van der Waals surface area contributed by atoms with Crippen LogP contribution in [0, 0.1) is 0 Å². The summed E-state index contributed by atoms with van der Waals surface area (Å²) in [6.07, 6.45) is 1.50. The molecule has 0 saturated carbocycles. The predicted octanol–water partition coefficient (Wildman–Crippen LogP) is 3.17. The molecule has 138 valence electrons. The Morgan fingerprint density at radius 1 is 1.07 bits per heavy atom. The van der Waals surface area contributed by atoms with Crippen LogP contribution in [0.4, 0.5) is 5.69 Å². The highest BCUT2D eigenvalue weighted by Crippen LogP contribution is 2.24. The zero-order chi connectivity index (χ0) is 19.4. The maximum atomic E-state index is 12.5. The molecule has 1 aromatic heterocycles. The third kappa shape index (κ3) is 3.82. The van der Waals surface area contributed by atoms with Gasteiger partial charge in [-0.05, 0) is 49.4 Å². The van der Waals surface area contributed by atoms with E-state index in [9.17, 15) is 14.4 Å². The van der Waals surface area contributed by atoms with Gasteiger partial charge in [-0.25, -0.2) is 4.79 Å². The Hall–Kier alpha value is -3.61. The highest BCUT2D eigenvalue weighted by molar-refractivity contribution is 6.48. The second-order valence-electron chi connectivity index (χ2n) is 5.69. The SMILES string of the molecule is CCOC(=O)c1ccc(NC(=O)C(=O)c2c[nH]c3ccc(OC)cc23)cc1. The first kappa shape index (κ1) is 18.2. The Balaban J connectivity index is 1.76. The lowest BCUT2D eigenvalue weighted by Crippen LogP contribution is -2.22. The molecule has 0 fully saturated rings. The number of amides is 1. The van der Waals surface area contributed by atoms with Crippen LogP contribution >= 0.6 is 0 Å². The monoisotopic (exact) mass is 366 g/mol. The van der Waals surface area contributed by atoms with Gasteiger partial charge in [-0.3, -0.25) is 9.59 Å². The fourth-order valence-electron chi connectivity index (χ4n) is 2.63. The summed E-state index contributed by atoms with van der Waals surface area (Å²) in [4.78, 5) is 39.5. The van der Waals surface area contributed by atoms with Gasteiger partial charge in [-0.15, -0.1) is 0 Å². The van der Waals surface area contributed by atoms with E-state index < -0.39 is 17.7 Å². The van der Waals surface area contributed by atoms with Gasteiger partial charge in [0.15, 0.2) is 0 Å². The quantitative estimate of drug-likeness (QED) is 0.397. The van der Waals surface area contributed by atoms with Crippen LogP contribution in [0.5, 0.6) is 5.75 Å². The van der Waals surface area contributed by atoms with E-state index in [0.29, 0.717) is 22.4 Å². The van der Waals surface area contributed by atoms with E-state index in [1.165, 1.54) is 37.6 Å². The van der Waals surface area contributed by atoms with E-state index in [2.05, 4.69) is 10.3 Å². The van der Waals surface area contributed by atoms with Crippen molar-refractivity contribution in [1.82, 2.24) is 4.98 Å². The number of ketones is 1. The smallest absolute Gasteiger partial charge is 0.338 e. The van der Waals surface area contributed by atoms with Gasteiger partial charge in [0.25, 0.3) is 11.7 Å². The van der Waals surface area contributed by atoms with Gasteiger partial charge in [0, 0.05) is 22.8 Å². The van der Waals surface area contributed by atoms with E-state index in [0.717, 1.165) is 5.52 Å². The molecule has 1 heterocycles. The highest BCUT2D eigenvalue weighted by Gasteiger charge is 2.20. The van der Waals surface area contributed by atoms with Crippen molar-refractivity contribution >= 4 is 34.3 Å². The van der Waals surface area contributed by atoms with Gasteiger partial charge >= 0.3 is 5.97 Å². The Morgan fingerprint density at radius 3 is 2.48 bits per heavy atom. The third-order valence-corrected chi connectivity index (χ3v) is 3.99. The number of benzene rings is 2. The van der Waals surface area contributed by atoms with Gasteiger partial charge in [0.05, 0.1) is 24.8 Å². The Kier molecular flexibility index (Phi) is 5.21. The summed E-state index contributed by atoms with van der Waals surface area (Å²) in [5, 5.41) is 3.14. The Bertz CT molecular complexity index is 1000. The minimum atomic E-state index is -0.775. The van der Waals surface area contributed by atoms with Crippen molar-refractivity contribution in [2.24, 2.45) is 0 Å². The van der Waals surface area contributed by atoms with Crippen LogP contribution in [-0.4, -0.2) is 36.4 Å². The lowest BCUT2D eigenvalue weighted by molar-refractivity contribution is -0.112. The molecule has 7 heteroatoms. The highest BCUT2D eigenvalue weighted by atomic mass is 16.5. The maximum absolute atomic E-state index is 12.5. The van der Waals surface area contributed by atoms with Crippen LogP contribution < -0.4 is 10.1 Å². The zero-order valence-corrected chi connectivity index (χ0v) is 14.9. The first-order valence-corrected chi connectivity index (χ1v) is 8.31. The molecule has 0 spiro atoms. The number of carbonyl (C=O) groups excluding carboxylic acids is 3. The van der Waals surface area contributed by atoms with Crippen LogP contribution in [0.3, 0.4) is 0 Å². The van der Waals surface area contributed by atoms with Crippen LogP contribution in [0.2, 0.25) is 0 Å². The first-order chi connectivity index (χ1) is 13.0. The zero-order valence-electron chi connectivity index (χ0n) is 14.9. The lowest BCUT2D eigenvalue weighted by atomic mass is 10.1. The van der Waals surface area contributed by atoms with E-state index >= 15 is 0 Å². The van der Waals surface area contributed by atoms with Crippen molar-refractivity contribution in [3.05, 3.63) is 59.8 Å². The number of hydrogen-bond acceptors (Lipinski definition) is 5. The number of aromatic nitrogens is 1. The summed E-state index contributed by atoms with van der Waals surface area (Å²) in [7, 11) is 1.53. The third-order valence-electron chi connectivity index (χ3n) is 3.99. The van der Waals surface area contributed by atoms with E-state index in [-0.39, 0.29) is 12.2 Å². The number of carbonyl (C=O) groups is 3. The van der Waals surface area contributed by atoms with E-state index in [4.69, 9.17) is 9.47 Å². The molecule has 0 bridgehead atoms. The van der Waals surface area contributed by atoms with Crippen LogP contribution in [-0.2, 0) is 9.53 Å². The predicted molar refractivity (Wildman–Crippen MR) is 100 cm³/mol. The van der Waals surface area contributed by atoms with Crippen molar-refractivity contribution in [2.45, 2.75) is 6.92 Å². The summed E-state index contributed by atoms with van der Waals surface area (Å²) >= 11 is 0. The molecular weight excluding hydrogens is 348 g/mol. The molecule has 0 atom stereocenters. The van der Waals surface area contributed by atoms with Crippen molar-refractivity contribution in [3.8, 4) is 5.75 Å². The van der Waals surface area contributed by atoms with Crippen molar-refractivity contribution < 1.29 is 23.9 Å². The summed E-state index contributed by atoms with van der Waals surface area (Å²) in [6, 6.07) is 11.4. The van der Waals surface area contributed by atoms with E-state index in [1.54, 1.807) is 25.1 Å². The molecule has 0 radical (unpaired) electrons. The normalized spacial score (nSPS) is 10.4. The molecule has 1 amide bonds. The molecule has 27 heavy (non-hydrogen) atoms. The largest absolute Gasteiger partial charge is 0.497 e. The molecule has 3 rings (SSSR count). The Labute approximate surface area is 155 Å². The summed E-state index contributed by atoms with van der Waals surface area (Å²) in [5.41, 5.74) is 1.75. The van der Waals surface area contributed by atoms with Gasteiger partial charge in [0.1, 0.15) is 5.75 Å². The molecule has 2 N–H and O–H groups in total. The number of hydrogen-bond donors (Lipinski definition) is 2. The van der Waals surface area contributed by atoms with Crippen molar-refractivity contribution in [2.75, 3.05) is 19.0 Å². The van der Waals surface area contributed by atoms with Gasteiger partial charge < -0.3 is 19.8 Å². The number of H-pyrrole nitrogens is 1. The fourth-order valence-corrected chi connectivity index (χ4v) is 2.63. The molecule has 0 aliphatic heterocycles. The van der Waals surface area contributed by atoms with Gasteiger partial charge in [-0.2, -0.15) is 0 Å². The molecule has 0 saturated heterocycles. The molecule has 0 aliphatic carbocycles. The fraction of sp³-hybridized carbons (Fsp3) is 0.150. The average molecular weight is 366 g/mol. The van der Waals surface area contributed by atoms with Crippen LogP contribution in [0.15, 0.2) is 48.7 Å². The topological polar surface area (TPSA) is 97.5 Å². The number of Topliss-reactive ketones (excluding diaryl/α,β-unsaturated/α-hetero) is 1. The molecule has 3 aromatic rings. The van der Waals surface area contributed by atoms with Crippen LogP contribution in [0.25, 0.3) is 10.9 Å². The molecule has 7 nitrogen and oxygen atoms in total. The van der Waals surface area contributed by atoms with E-state index in [1.807, 2.05) is 0 Å². The minimum absolute atomic E-state index is 0.254. The minimum Gasteiger partial charge on any atom is -0.497 e. The number of aromatic amines is 1. The summed E-state index contributed by atoms with van der Waals surface area (Å²) < 4.78 is 10.1. The first-order valence-electron chi connectivity index (χ1n) is 8.31.